The second-order valence-electron chi connectivity index (χ2n) is 5.07. The molecule has 0 radical (unpaired) electrons. The summed E-state index contributed by atoms with van der Waals surface area (Å²) in [4.78, 5) is 0. The zero-order valence-electron chi connectivity index (χ0n) is 11.5. The Morgan fingerprint density at radius 2 is 1.45 bits per heavy atom. The van der Waals surface area contributed by atoms with Gasteiger partial charge in [0.2, 0.25) is 0 Å². The van der Waals surface area contributed by atoms with Crippen molar-refractivity contribution in [3.05, 3.63) is 60.7 Å². The maximum atomic E-state index is 3.64. The molecule has 1 fully saturated rings. The Labute approximate surface area is 129 Å². The van der Waals surface area contributed by atoms with Crippen LogP contribution in [-0.2, 0) is 0 Å². The normalized spacial score (nSPS) is 17.9. The van der Waals surface area contributed by atoms with Crippen LogP contribution in [0.2, 0.25) is 0 Å². The first-order chi connectivity index (χ1) is 9.43. The minimum Gasteiger partial charge on any atom is -0.314 e. The number of nitrogens with one attached hydrogen (secondary N) is 1. The molecule has 106 valence electrons. The first-order valence-electron chi connectivity index (χ1n) is 7.04. The third-order valence-electron chi connectivity index (χ3n) is 3.70. The average Bonchev–Trinajstić information content (AvgIpc) is 3.00. The largest absolute Gasteiger partial charge is 0.314 e. The van der Waals surface area contributed by atoms with Gasteiger partial charge < -0.3 is 5.32 Å². The van der Waals surface area contributed by atoms with Crippen LogP contribution in [0.5, 0.6) is 0 Å². The molecule has 0 aliphatic carbocycles. The summed E-state index contributed by atoms with van der Waals surface area (Å²) in [6.45, 7) is 1.19. The number of hydrogen-bond acceptors (Lipinski definition) is 1. The van der Waals surface area contributed by atoms with Crippen LogP contribution in [0.15, 0.2) is 60.7 Å². The molecule has 1 saturated heterocycles. The van der Waals surface area contributed by atoms with E-state index in [0.717, 1.165) is 0 Å². The van der Waals surface area contributed by atoms with Gasteiger partial charge in [-0.15, -0.1) is 12.4 Å². The summed E-state index contributed by atoms with van der Waals surface area (Å²) in [5, 5.41) is 6.64. The Balaban J connectivity index is 0.00000147. The topological polar surface area (TPSA) is 12.0 Å². The molecule has 2 aromatic rings. The van der Waals surface area contributed by atoms with Crippen molar-refractivity contribution in [1.29, 1.82) is 0 Å². The summed E-state index contributed by atoms with van der Waals surface area (Å²) in [7, 11) is -0.224. The van der Waals surface area contributed by atoms with Crippen LogP contribution in [-0.4, -0.2) is 18.7 Å². The molecule has 2 aromatic carbocycles. The summed E-state index contributed by atoms with van der Waals surface area (Å²) in [5.41, 5.74) is 0. The van der Waals surface area contributed by atoms with Crippen LogP contribution in [0.1, 0.15) is 12.8 Å². The van der Waals surface area contributed by atoms with Gasteiger partial charge >= 0.3 is 0 Å². The summed E-state index contributed by atoms with van der Waals surface area (Å²) < 4.78 is 0. The van der Waals surface area contributed by atoms with E-state index in [1.54, 1.807) is 0 Å². The molecule has 0 spiro atoms. The van der Waals surface area contributed by atoms with Crippen molar-refractivity contribution in [1.82, 2.24) is 5.32 Å². The van der Waals surface area contributed by atoms with Gasteiger partial charge in [-0.1, -0.05) is 60.7 Å². The molecule has 1 heterocycles. The number of halogens is 1. The predicted molar refractivity (Wildman–Crippen MR) is 92.2 cm³/mol. The van der Waals surface area contributed by atoms with E-state index in [1.165, 1.54) is 36.2 Å². The molecule has 0 saturated carbocycles. The third kappa shape index (κ3) is 3.82. The highest BCUT2D eigenvalue weighted by Crippen LogP contribution is 2.35. The molecule has 1 aliphatic rings. The van der Waals surface area contributed by atoms with Gasteiger partial charge in [-0.2, -0.15) is 0 Å². The Kier molecular flexibility index (Phi) is 6.04. The fraction of sp³-hybridized carbons (Fsp3) is 0.294. The van der Waals surface area contributed by atoms with E-state index in [4.69, 9.17) is 0 Å². The summed E-state index contributed by atoms with van der Waals surface area (Å²) in [6.07, 6.45) is 3.93. The zero-order chi connectivity index (χ0) is 12.9. The smallest absolute Gasteiger partial charge is 0.0113 e. The summed E-state index contributed by atoms with van der Waals surface area (Å²) in [6, 6.07) is 22.7. The summed E-state index contributed by atoms with van der Waals surface area (Å²) >= 11 is 0. The molecule has 0 bridgehead atoms. The maximum absolute atomic E-state index is 3.64. The molecule has 1 atom stereocenters. The van der Waals surface area contributed by atoms with E-state index < -0.39 is 0 Å². The van der Waals surface area contributed by atoms with Gasteiger partial charge in [0.15, 0.2) is 0 Å². The lowest BCUT2D eigenvalue weighted by Gasteiger charge is -2.22. The van der Waals surface area contributed by atoms with Crippen LogP contribution in [0.3, 0.4) is 0 Å². The van der Waals surface area contributed by atoms with E-state index in [2.05, 4.69) is 66.0 Å². The number of benzene rings is 2. The first kappa shape index (κ1) is 15.5. The molecule has 0 unspecified atom stereocenters. The van der Waals surface area contributed by atoms with Gasteiger partial charge in [0, 0.05) is 6.04 Å². The van der Waals surface area contributed by atoms with Crippen molar-refractivity contribution in [3.63, 3.8) is 0 Å². The molecular weight excluding hydrogens is 285 g/mol. The maximum Gasteiger partial charge on any atom is 0.0113 e. The van der Waals surface area contributed by atoms with Crippen LogP contribution in [0, 0.1) is 0 Å². The molecule has 0 aromatic heterocycles. The fourth-order valence-electron chi connectivity index (χ4n) is 2.71. The van der Waals surface area contributed by atoms with Gasteiger partial charge in [-0.3, -0.25) is 0 Å². The third-order valence-corrected chi connectivity index (χ3v) is 6.35. The van der Waals surface area contributed by atoms with Gasteiger partial charge in [0.25, 0.3) is 0 Å². The van der Waals surface area contributed by atoms with Crippen molar-refractivity contribution in [2.24, 2.45) is 0 Å². The number of hydrogen-bond donors (Lipinski definition) is 1. The highest BCUT2D eigenvalue weighted by Gasteiger charge is 2.21. The molecule has 0 amide bonds. The molecule has 1 N–H and O–H groups in total. The molecular formula is C17H21ClNP. The van der Waals surface area contributed by atoms with Gasteiger partial charge in [-0.05, 0) is 44.1 Å². The highest BCUT2D eigenvalue weighted by molar-refractivity contribution is 7.73. The van der Waals surface area contributed by atoms with Crippen molar-refractivity contribution >= 4 is 30.9 Å². The predicted octanol–water partition coefficient (Wildman–Crippen LogP) is 3.29. The minimum absolute atomic E-state index is 0. The van der Waals surface area contributed by atoms with E-state index >= 15 is 0 Å². The number of rotatable bonds is 4. The van der Waals surface area contributed by atoms with E-state index in [9.17, 15) is 0 Å². The van der Waals surface area contributed by atoms with Crippen molar-refractivity contribution in [2.75, 3.05) is 12.7 Å². The van der Waals surface area contributed by atoms with Gasteiger partial charge in [-0.25, -0.2) is 0 Å². The molecule has 20 heavy (non-hydrogen) atoms. The quantitative estimate of drug-likeness (QED) is 0.855. The van der Waals surface area contributed by atoms with E-state index in [0.29, 0.717) is 6.04 Å². The molecule has 1 nitrogen and oxygen atoms in total. The SMILES string of the molecule is Cl.c1ccc(P(C[C@@H]2CCCN2)c2ccccc2)cc1. The lowest BCUT2D eigenvalue weighted by molar-refractivity contribution is 0.672. The van der Waals surface area contributed by atoms with Crippen molar-refractivity contribution in [3.8, 4) is 0 Å². The van der Waals surface area contributed by atoms with E-state index in [1.807, 2.05) is 0 Å². The lowest BCUT2D eigenvalue weighted by atomic mass is 10.3. The Bertz CT molecular complexity index is 457. The van der Waals surface area contributed by atoms with Crippen LogP contribution in [0.4, 0.5) is 0 Å². The fourth-order valence-corrected chi connectivity index (χ4v) is 5.24. The molecule has 3 heteroatoms. The summed E-state index contributed by atoms with van der Waals surface area (Å²) in [5.74, 6) is 0. The minimum atomic E-state index is -0.224. The monoisotopic (exact) mass is 305 g/mol. The van der Waals surface area contributed by atoms with Crippen LogP contribution < -0.4 is 15.9 Å². The van der Waals surface area contributed by atoms with Crippen molar-refractivity contribution in [2.45, 2.75) is 18.9 Å². The average molecular weight is 306 g/mol. The Hall–Kier alpha value is -0.880. The molecule has 3 rings (SSSR count). The standard InChI is InChI=1S/C17H20NP.ClH/c1-3-9-16(10-4-1)19(14-15-8-7-13-18-15)17-11-5-2-6-12-17;/h1-6,9-12,15,18H,7-8,13-14H2;1H/t15-;/m0./s1. The zero-order valence-corrected chi connectivity index (χ0v) is 13.2. The lowest BCUT2D eigenvalue weighted by Crippen LogP contribution is -2.28. The molecule has 1 aliphatic heterocycles. The highest BCUT2D eigenvalue weighted by atomic mass is 35.5. The van der Waals surface area contributed by atoms with E-state index in [-0.39, 0.29) is 20.3 Å². The van der Waals surface area contributed by atoms with Gasteiger partial charge in [0.1, 0.15) is 0 Å². The van der Waals surface area contributed by atoms with Crippen LogP contribution >= 0.6 is 20.3 Å². The first-order valence-corrected chi connectivity index (χ1v) is 8.57. The second kappa shape index (κ2) is 7.78. The van der Waals surface area contributed by atoms with Gasteiger partial charge in [0.05, 0.1) is 0 Å². The van der Waals surface area contributed by atoms with Crippen LogP contribution in [0.25, 0.3) is 0 Å². The second-order valence-corrected chi connectivity index (χ2v) is 7.33. The van der Waals surface area contributed by atoms with Crippen molar-refractivity contribution < 1.29 is 0 Å². The Morgan fingerprint density at radius 1 is 0.900 bits per heavy atom. The Morgan fingerprint density at radius 3 is 1.90 bits per heavy atom.